The van der Waals surface area contributed by atoms with Gasteiger partial charge in [-0.1, -0.05) is 19.3 Å². The summed E-state index contributed by atoms with van der Waals surface area (Å²) in [6.07, 6.45) is 7.15. The molecule has 2 rings (SSSR count). The second-order valence-corrected chi connectivity index (χ2v) is 5.64. The van der Waals surface area contributed by atoms with Gasteiger partial charge in [-0.3, -0.25) is 0 Å². The Bertz CT molecular complexity index is 379. The summed E-state index contributed by atoms with van der Waals surface area (Å²) < 4.78 is 24.8. The van der Waals surface area contributed by atoms with Gasteiger partial charge >= 0.3 is 0 Å². The van der Waals surface area contributed by atoms with Crippen LogP contribution in [-0.2, 0) is 10.0 Å². The third-order valence-corrected chi connectivity index (χ3v) is 4.66. The van der Waals surface area contributed by atoms with Crippen molar-refractivity contribution in [1.29, 1.82) is 0 Å². The number of nitrogens with zero attached hydrogens (tertiary/aromatic N) is 3. The first-order valence-corrected chi connectivity index (χ1v) is 6.30. The van der Waals surface area contributed by atoms with Crippen LogP contribution < -0.4 is 0 Å². The Balaban J connectivity index is 2.23. The van der Waals surface area contributed by atoms with Gasteiger partial charge in [0.25, 0.3) is 10.0 Å². The van der Waals surface area contributed by atoms with E-state index in [-0.39, 0.29) is 5.25 Å². The number of hydrogen-bond donors (Lipinski definition) is 0. The van der Waals surface area contributed by atoms with Crippen molar-refractivity contribution in [3.63, 3.8) is 0 Å². The minimum absolute atomic E-state index is 0.266. The summed E-state index contributed by atoms with van der Waals surface area (Å²) in [4.78, 5) is 3.66. The molecule has 1 heterocycles. The molecule has 5 nitrogen and oxygen atoms in total. The van der Waals surface area contributed by atoms with E-state index in [1.807, 2.05) is 0 Å². The van der Waals surface area contributed by atoms with Crippen molar-refractivity contribution in [1.82, 2.24) is 14.2 Å². The predicted octanol–water partition coefficient (Wildman–Crippen LogP) is 0.789. The fraction of sp³-hybridized carbons (Fsp3) is 0.750. The van der Waals surface area contributed by atoms with Crippen molar-refractivity contribution in [3.05, 3.63) is 12.7 Å². The van der Waals surface area contributed by atoms with E-state index in [0.29, 0.717) is 0 Å². The van der Waals surface area contributed by atoms with Crippen LogP contribution in [0, 0.1) is 0 Å². The van der Waals surface area contributed by atoms with Gasteiger partial charge in [0, 0.05) is 0 Å². The van der Waals surface area contributed by atoms with Crippen molar-refractivity contribution < 1.29 is 8.42 Å². The summed E-state index contributed by atoms with van der Waals surface area (Å²) in [6, 6.07) is 0. The van der Waals surface area contributed by atoms with Crippen molar-refractivity contribution >= 4 is 10.0 Å². The van der Waals surface area contributed by atoms with Crippen molar-refractivity contribution in [2.45, 2.75) is 37.4 Å². The first kappa shape index (κ1) is 9.64. The Kier molecular flexibility index (Phi) is 2.54. The highest BCUT2D eigenvalue weighted by Crippen LogP contribution is 2.24. The fourth-order valence-electron chi connectivity index (χ4n) is 1.84. The van der Waals surface area contributed by atoms with Gasteiger partial charge in [0.1, 0.15) is 12.7 Å². The molecule has 0 bridgehead atoms. The molecule has 0 spiro atoms. The van der Waals surface area contributed by atoms with E-state index < -0.39 is 10.0 Å². The standard InChI is InChI=1S/C8H13N3O2S/c12-14(13,11-7-9-6-10-11)8-4-2-1-3-5-8/h6-8H,1-5H2. The highest BCUT2D eigenvalue weighted by molar-refractivity contribution is 7.90. The summed E-state index contributed by atoms with van der Waals surface area (Å²) in [5, 5.41) is 3.41. The molecule has 0 unspecified atom stereocenters. The first-order valence-electron chi connectivity index (χ1n) is 4.80. The van der Waals surface area contributed by atoms with Crippen LogP contribution >= 0.6 is 0 Å². The molecule has 1 aromatic heterocycles. The average molecular weight is 215 g/mol. The monoisotopic (exact) mass is 215 g/mol. The van der Waals surface area contributed by atoms with Crippen LogP contribution in [0.1, 0.15) is 32.1 Å². The molecule has 0 amide bonds. The number of rotatable bonds is 2. The van der Waals surface area contributed by atoms with Crippen molar-refractivity contribution in [3.8, 4) is 0 Å². The topological polar surface area (TPSA) is 64.8 Å². The van der Waals surface area contributed by atoms with E-state index in [1.54, 1.807) is 0 Å². The maximum atomic E-state index is 11.9. The lowest BCUT2D eigenvalue weighted by Gasteiger charge is -2.20. The van der Waals surface area contributed by atoms with E-state index in [0.717, 1.165) is 36.2 Å². The third-order valence-electron chi connectivity index (χ3n) is 2.63. The van der Waals surface area contributed by atoms with E-state index in [4.69, 9.17) is 0 Å². The Hall–Kier alpha value is -0.910. The Morgan fingerprint density at radius 1 is 1.21 bits per heavy atom. The Labute approximate surface area is 83.2 Å². The number of hydrogen-bond acceptors (Lipinski definition) is 4. The van der Waals surface area contributed by atoms with Gasteiger partial charge in [0.05, 0.1) is 5.25 Å². The van der Waals surface area contributed by atoms with Crippen LogP contribution in [-0.4, -0.2) is 27.8 Å². The van der Waals surface area contributed by atoms with Gasteiger partial charge in [-0.05, 0) is 12.8 Å². The van der Waals surface area contributed by atoms with Gasteiger partial charge < -0.3 is 0 Å². The largest absolute Gasteiger partial charge is 0.258 e. The van der Waals surface area contributed by atoms with E-state index in [2.05, 4.69) is 10.1 Å². The minimum atomic E-state index is -3.28. The molecule has 6 heteroatoms. The predicted molar refractivity (Wildman–Crippen MR) is 51.2 cm³/mol. The summed E-state index contributed by atoms with van der Waals surface area (Å²) >= 11 is 0. The smallest absolute Gasteiger partial charge is 0.222 e. The molecule has 0 aromatic carbocycles. The molecule has 14 heavy (non-hydrogen) atoms. The Morgan fingerprint density at radius 3 is 2.50 bits per heavy atom. The summed E-state index contributed by atoms with van der Waals surface area (Å²) in [7, 11) is -3.28. The lowest BCUT2D eigenvalue weighted by atomic mass is 10.0. The van der Waals surface area contributed by atoms with E-state index in [1.165, 1.54) is 12.7 Å². The van der Waals surface area contributed by atoms with Gasteiger partial charge in [0.15, 0.2) is 0 Å². The van der Waals surface area contributed by atoms with Crippen LogP contribution in [0.5, 0.6) is 0 Å². The molecule has 1 aliphatic carbocycles. The number of aromatic nitrogens is 3. The van der Waals surface area contributed by atoms with Gasteiger partial charge in [-0.15, -0.1) is 9.19 Å². The van der Waals surface area contributed by atoms with Crippen molar-refractivity contribution in [2.24, 2.45) is 0 Å². The second kappa shape index (κ2) is 3.68. The van der Waals surface area contributed by atoms with Gasteiger partial charge in [0.2, 0.25) is 0 Å². The molecule has 1 saturated carbocycles. The average Bonchev–Trinajstić information content (AvgIpc) is 2.72. The van der Waals surface area contributed by atoms with Crippen LogP contribution in [0.15, 0.2) is 12.7 Å². The van der Waals surface area contributed by atoms with Gasteiger partial charge in [-0.2, -0.15) is 0 Å². The van der Waals surface area contributed by atoms with Crippen LogP contribution in [0.2, 0.25) is 0 Å². The molecule has 0 atom stereocenters. The molecular weight excluding hydrogens is 202 g/mol. The molecule has 0 N–H and O–H groups in total. The van der Waals surface area contributed by atoms with E-state index >= 15 is 0 Å². The fourth-order valence-corrected chi connectivity index (χ4v) is 3.44. The highest BCUT2D eigenvalue weighted by Gasteiger charge is 2.29. The summed E-state index contributed by atoms with van der Waals surface area (Å²) in [6.45, 7) is 0. The van der Waals surface area contributed by atoms with Crippen LogP contribution in [0.3, 0.4) is 0 Å². The maximum absolute atomic E-state index is 11.9. The lowest BCUT2D eigenvalue weighted by Crippen LogP contribution is -2.29. The zero-order chi connectivity index (χ0) is 10.0. The third kappa shape index (κ3) is 1.66. The summed E-state index contributed by atoms with van der Waals surface area (Å²) in [5.74, 6) is 0. The zero-order valence-corrected chi connectivity index (χ0v) is 8.65. The quantitative estimate of drug-likeness (QED) is 0.731. The second-order valence-electron chi connectivity index (χ2n) is 3.57. The maximum Gasteiger partial charge on any atom is 0.258 e. The molecular formula is C8H13N3O2S. The molecule has 1 aromatic rings. The molecule has 0 saturated heterocycles. The van der Waals surface area contributed by atoms with Crippen molar-refractivity contribution in [2.75, 3.05) is 0 Å². The lowest BCUT2D eigenvalue weighted by molar-refractivity contribution is 0.476. The molecule has 1 aliphatic rings. The van der Waals surface area contributed by atoms with E-state index in [9.17, 15) is 8.42 Å². The normalized spacial score (nSPS) is 19.7. The summed E-state index contributed by atoms with van der Waals surface area (Å²) in [5.41, 5.74) is 0. The van der Waals surface area contributed by atoms with Crippen LogP contribution in [0.25, 0.3) is 0 Å². The molecule has 1 fully saturated rings. The van der Waals surface area contributed by atoms with Crippen LogP contribution in [0.4, 0.5) is 0 Å². The molecule has 0 radical (unpaired) electrons. The minimum Gasteiger partial charge on any atom is -0.222 e. The zero-order valence-electron chi connectivity index (χ0n) is 7.83. The molecule has 0 aliphatic heterocycles. The first-order chi connectivity index (χ1) is 6.71. The Morgan fingerprint density at radius 2 is 1.93 bits per heavy atom. The highest BCUT2D eigenvalue weighted by atomic mass is 32.2. The SMILES string of the molecule is O=S(=O)(C1CCCCC1)n1cncn1. The van der Waals surface area contributed by atoms with Gasteiger partial charge in [-0.25, -0.2) is 13.4 Å². The molecule has 78 valence electrons.